The molecular weight excluding hydrogens is 233 g/mol. The predicted octanol–water partition coefficient (Wildman–Crippen LogP) is 2.39. The summed E-state index contributed by atoms with van der Waals surface area (Å²) in [6.07, 6.45) is 0. The molecule has 1 aromatic heterocycles. The quantitative estimate of drug-likeness (QED) is 0.904. The van der Waals surface area contributed by atoms with Crippen LogP contribution in [0.1, 0.15) is 17.1 Å². The summed E-state index contributed by atoms with van der Waals surface area (Å²) in [4.78, 5) is 8.18. The molecular formula is C13H14FN3O. The molecule has 0 atom stereocenters. The highest BCUT2D eigenvalue weighted by Gasteiger charge is 2.07. The monoisotopic (exact) mass is 247 g/mol. The van der Waals surface area contributed by atoms with Crippen LogP contribution in [0.25, 0.3) is 0 Å². The third-order valence-electron chi connectivity index (χ3n) is 2.43. The van der Waals surface area contributed by atoms with Gasteiger partial charge in [0.15, 0.2) is 17.4 Å². The Morgan fingerprint density at radius 2 is 2.06 bits per heavy atom. The summed E-state index contributed by atoms with van der Waals surface area (Å²) in [5.41, 5.74) is 6.90. The Hall–Kier alpha value is -2.17. The highest BCUT2D eigenvalue weighted by Crippen LogP contribution is 2.20. The summed E-state index contributed by atoms with van der Waals surface area (Å²) >= 11 is 0. The molecule has 94 valence electrons. The van der Waals surface area contributed by atoms with Crippen LogP contribution in [-0.4, -0.2) is 9.97 Å². The van der Waals surface area contributed by atoms with Gasteiger partial charge in [0.1, 0.15) is 12.4 Å². The Bertz CT molecular complexity index is 552. The SMILES string of the molecule is Cc1cc(N)nc(COc2cccc(C)c2F)n1. The average Bonchev–Trinajstić information content (AvgIpc) is 2.30. The van der Waals surface area contributed by atoms with Crippen LogP contribution in [0.3, 0.4) is 0 Å². The zero-order valence-electron chi connectivity index (χ0n) is 10.3. The van der Waals surface area contributed by atoms with Crippen molar-refractivity contribution in [2.24, 2.45) is 0 Å². The molecule has 2 rings (SSSR count). The molecule has 0 aliphatic heterocycles. The third-order valence-corrected chi connectivity index (χ3v) is 2.43. The van der Waals surface area contributed by atoms with Crippen molar-refractivity contribution in [1.82, 2.24) is 9.97 Å². The van der Waals surface area contributed by atoms with E-state index >= 15 is 0 Å². The molecule has 5 heteroatoms. The lowest BCUT2D eigenvalue weighted by atomic mass is 10.2. The number of nitrogens with zero attached hydrogens (tertiary/aromatic N) is 2. The minimum Gasteiger partial charge on any atom is -0.483 e. The summed E-state index contributed by atoms with van der Waals surface area (Å²) in [6.45, 7) is 3.59. The summed E-state index contributed by atoms with van der Waals surface area (Å²) in [5.74, 6) is 0.649. The van der Waals surface area contributed by atoms with Crippen LogP contribution in [0.2, 0.25) is 0 Å². The van der Waals surface area contributed by atoms with Crippen molar-refractivity contribution < 1.29 is 9.13 Å². The fourth-order valence-electron chi connectivity index (χ4n) is 1.59. The first-order chi connectivity index (χ1) is 8.56. The number of benzene rings is 1. The van der Waals surface area contributed by atoms with E-state index in [2.05, 4.69) is 9.97 Å². The van der Waals surface area contributed by atoms with Crippen molar-refractivity contribution in [2.45, 2.75) is 20.5 Å². The lowest BCUT2D eigenvalue weighted by molar-refractivity contribution is 0.280. The van der Waals surface area contributed by atoms with Crippen LogP contribution >= 0.6 is 0 Å². The zero-order chi connectivity index (χ0) is 13.1. The highest BCUT2D eigenvalue weighted by molar-refractivity contribution is 5.31. The summed E-state index contributed by atoms with van der Waals surface area (Å²) < 4.78 is 19.0. The standard InChI is InChI=1S/C13H14FN3O/c1-8-4-3-5-10(13(8)14)18-7-12-16-9(2)6-11(15)17-12/h3-6H,7H2,1-2H3,(H2,15,16,17). The fourth-order valence-corrected chi connectivity index (χ4v) is 1.59. The molecule has 0 aliphatic carbocycles. The fraction of sp³-hybridized carbons (Fsp3) is 0.231. The summed E-state index contributed by atoms with van der Waals surface area (Å²) in [6, 6.07) is 6.65. The Labute approximate surface area is 105 Å². The van der Waals surface area contributed by atoms with E-state index in [1.54, 1.807) is 31.2 Å². The number of hydrogen-bond acceptors (Lipinski definition) is 4. The summed E-state index contributed by atoms with van der Waals surface area (Å²) in [5, 5.41) is 0. The second-order valence-electron chi connectivity index (χ2n) is 4.03. The van der Waals surface area contributed by atoms with E-state index in [4.69, 9.17) is 10.5 Å². The molecule has 0 unspecified atom stereocenters. The van der Waals surface area contributed by atoms with Crippen molar-refractivity contribution in [1.29, 1.82) is 0 Å². The first kappa shape index (κ1) is 12.3. The third kappa shape index (κ3) is 2.74. The van der Waals surface area contributed by atoms with Crippen molar-refractivity contribution >= 4 is 5.82 Å². The molecule has 0 bridgehead atoms. The number of anilines is 1. The molecule has 1 aromatic carbocycles. The molecule has 0 spiro atoms. The molecule has 1 heterocycles. The van der Waals surface area contributed by atoms with Gasteiger partial charge in [0, 0.05) is 11.8 Å². The maximum Gasteiger partial charge on any atom is 0.168 e. The first-order valence-electron chi connectivity index (χ1n) is 5.54. The van der Waals surface area contributed by atoms with Gasteiger partial charge < -0.3 is 10.5 Å². The number of ether oxygens (including phenoxy) is 1. The van der Waals surface area contributed by atoms with E-state index in [-0.39, 0.29) is 18.2 Å². The molecule has 0 saturated carbocycles. The molecule has 0 radical (unpaired) electrons. The Morgan fingerprint density at radius 3 is 2.78 bits per heavy atom. The number of rotatable bonds is 3. The zero-order valence-corrected chi connectivity index (χ0v) is 10.3. The number of nitrogens with two attached hydrogens (primary N) is 1. The predicted molar refractivity (Wildman–Crippen MR) is 66.7 cm³/mol. The van der Waals surface area contributed by atoms with Crippen LogP contribution in [-0.2, 0) is 6.61 Å². The Morgan fingerprint density at radius 1 is 1.28 bits per heavy atom. The molecule has 2 N–H and O–H groups in total. The van der Waals surface area contributed by atoms with Gasteiger partial charge in [-0.05, 0) is 25.5 Å². The number of aryl methyl sites for hydroxylation is 2. The topological polar surface area (TPSA) is 61.0 Å². The van der Waals surface area contributed by atoms with E-state index in [1.165, 1.54) is 0 Å². The van der Waals surface area contributed by atoms with Gasteiger partial charge in [-0.2, -0.15) is 0 Å². The lowest BCUT2D eigenvalue weighted by Gasteiger charge is -2.08. The molecule has 0 aliphatic rings. The molecule has 0 amide bonds. The van der Waals surface area contributed by atoms with Gasteiger partial charge in [-0.15, -0.1) is 0 Å². The minimum atomic E-state index is -0.363. The largest absolute Gasteiger partial charge is 0.483 e. The second kappa shape index (κ2) is 5.00. The molecule has 18 heavy (non-hydrogen) atoms. The average molecular weight is 247 g/mol. The number of nitrogen functional groups attached to an aromatic ring is 1. The van der Waals surface area contributed by atoms with E-state index in [9.17, 15) is 4.39 Å². The minimum absolute atomic E-state index is 0.0895. The smallest absolute Gasteiger partial charge is 0.168 e. The van der Waals surface area contributed by atoms with Gasteiger partial charge in [0.05, 0.1) is 0 Å². The van der Waals surface area contributed by atoms with Gasteiger partial charge in [-0.25, -0.2) is 14.4 Å². The number of hydrogen-bond donors (Lipinski definition) is 1. The van der Waals surface area contributed by atoms with Crippen molar-refractivity contribution in [3.63, 3.8) is 0 Å². The van der Waals surface area contributed by atoms with Gasteiger partial charge in [-0.3, -0.25) is 0 Å². The van der Waals surface area contributed by atoms with Gasteiger partial charge >= 0.3 is 0 Å². The van der Waals surface area contributed by atoms with Crippen LogP contribution < -0.4 is 10.5 Å². The maximum absolute atomic E-state index is 13.7. The van der Waals surface area contributed by atoms with Crippen LogP contribution in [0.4, 0.5) is 10.2 Å². The van der Waals surface area contributed by atoms with E-state index < -0.39 is 0 Å². The maximum atomic E-state index is 13.7. The van der Waals surface area contributed by atoms with Crippen molar-refractivity contribution in [3.8, 4) is 5.75 Å². The lowest BCUT2D eigenvalue weighted by Crippen LogP contribution is -2.06. The van der Waals surface area contributed by atoms with Gasteiger partial charge in [0.2, 0.25) is 0 Å². The Kier molecular flexibility index (Phi) is 3.41. The van der Waals surface area contributed by atoms with Crippen LogP contribution in [0.5, 0.6) is 5.75 Å². The van der Waals surface area contributed by atoms with Crippen molar-refractivity contribution in [2.75, 3.05) is 5.73 Å². The van der Waals surface area contributed by atoms with Gasteiger partial charge in [-0.1, -0.05) is 12.1 Å². The molecule has 0 saturated heterocycles. The molecule has 4 nitrogen and oxygen atoms in total. The van der Waals surface area contributed by atoms with Gasteiger partial charge in [0.25, 0.3) is 0 Å². The van der Waals surface area contributed by atoms with Crippen LogP contribution in [0.15, 0.2) is 24.3 Å². The molecule has 0 fully saturated rings. The first-order valence-corrected chi connectivity index (χ1v) is 5.54. The van der Waals surface area contributed by atoms with E-state index in [0.717, 1.165) is 5.69 Å². The van der Waals surface area contributed by atoms with Crippen molar-refractivity contribution in [3.05, 3.63) is 47.2 Å². The summed E-state index contributed by atoms with van der Waals surface area (Å²) in [7, 11) is 0. The van der Waals surface area contributed by atoms with Crippen LogP contribution in [0, 0.1) is 19.7 Å². The van der Waals surface area contributed by atoms with E-state index in [1.807, 2.05) is 6.92 Å². The second-order valence-corrected chi connectivity index (χ2v) is 4.03. The Balaban J connectivity index is 2.14. The number of aromatic nitrogens is 2. The normalized spacial score (nSPS) is 10.4. The van der Waals surface area contributed by atoms with E-state index in [0.29, 0.717) is 17.2 Å². The number of halogens is 1. The highest BCUT2D eigenvalue weighted by atomic mass is 19.1. The molecule has 2 aromatic rings.